The van der Waals surface area contributed by atoms with Crippen molar-refractivity contribution in [2.24, 2.45) is 5.73 Å². The van der Waals surface area contributed by atoms with Gasteiger partial charge in [0.05, 0.1) is 6.54 Å². The molecule has 2 amide bonds. The maximum absolute atomic E-state index is 12.1. The Hall–Kier alpha value is -1.88. The van der Waals surface area contributed by atoms with E-state index in [0.717, 1.165) is 18.5 Å². The van der Waals surface area contributed by atoms with Gasteiger partial charge in [0, 0.05) is 17.6 Å². The van der Waals surface area contributed by atoms with Crippen molar-refractivity contribution in [3.63, 3.8) is 0 Å². The monoisotopic (exact) mass is 301 g/mol. The number of carbonyl (C=O) groups is 2. The van der Waals surface area contributed by atoms with Gasteiger partial charge in [0.2, 0.25) is 11.8 Å². The second-order valence-corrected chi connectivity index (χ2v) is 6.35. The van der Waals surface area contributed by atoms with E-state index in [4.69, 9.17) is 5.73 Å². The molecule has 1 heterocycles. The van der Waals surface area contributed by atoms with Crippen LogP contribution in [0.4, 0.5) is 5.69 Å². The molecule has 1 saturated heterocycles. The van der Waals surface area contributed by atoms with Crippen LogP contribution in [0.2, 0.25) is 0 Å². The maximum Gasteiger partial charge on any atom is 0.246 e. The van der Waals surface area contributed by atoms with Gasteiger partial charge < -0.3 is 16.0 Å². The summed E-state index contributed by atoms with van der Waals surface area (Å²) in [7, 11) is 0. The number of nitrogens with two attached hydrogens (primary N) is 1. The van der Waals surface area contributed by atoms with Crippen LogP contribution in [-0.2, 0) is 15.0 Å². The fraction of sp³-hybridized carbons (Fsp3) is 0.529. The molecule has 1 aliphatic carbocycles. The lowest BCUT2D eigenvalue weighted by atomic mass is 9.69. The molecular formula is C17H23N3O2. The minimum Gasteiger partial charge on any atom is -0.345 e. The fourth-order valence-corrected chi connectivity index (χ4v) is 3.64. The zero-order chi connectivity index (χ0) is 15.6. The summed E-state index contributed by atoms with van der Waals surface area (Å²) < 4.78 is 0. The first-order chi connectivity index (χ1) is 10.6. The van der Waals surface area contributed by atoms with Crippen molar-refractivity contribution in [2.75, 3.05) is 24.5 Å². The molecule has 2 aliphatic rings. The van der Waals surface area contributed by atoms with Crippen LogP contribution >= 0.6 is 0 Å². The van der Waals surface area contributed by atoms with E-state index in [-0.39, 0.29) is 30.3 Å². The standard InChI is InChI=1S/C17H23N3O2/c18-12-17(7-2-1-3-8-17)13-5-4-6-14(9-13)20-11-15(21)19-10-16(20)22/h4-6,9H,1-3,7-8,10-12,18H2,(H,19,21). The van der Waals surface area contributed by atoms with Gasteiger partial charge in [0.15, 0.2) is 0 Å². The number of benzene rings is 1. The van der Waals surface area contributed by atoms with E-state index in [1.807, 2.05) is 12.1 Å². The Morgan fingerprint density at radius 2 is 1.95 bits per heavy atom. The molecule has 0 unspecified atom stereocenters. The topological polar surface area (TPSA) is 75.4 Å². The van der Waals surface area contributed by atoms with E-state index in [9.17, 15) is 9.59 Å². The van der Waals surface area contributed by atoms with Gasteiger partial charge in [-0.2, -0.15) is 0 Å². The number of rotatable bonds is 3. The average molecular weight is 301 g/mol. The highest BCUT2D eigenvalue weighted by atomic mass is 16.2. The van der Waals surface area contributed by atoms with Crippen molar-refractivity contribution in [1.29, 1.82) is 0 Å². The minimum absolute atomic E-state index is 0.0232. The summed E-state index contributed by atoms with van der Waals surface area (Å²) in [4.78, 5) is 25.2. The zero-order valence-corrected chi connectivity index (χ0v) is 12.8. The first-order valence-electron chi connectivity index (χ1n) is 8.02. The highest BCUT2D eigenvalue weighted by Gasteiger charge is 2.33. The molecule has 0 aromatic heterocycles. The SMILES string of the molecule is NCC1(c2cccc(N3CC(=O)NCC3=O)c2)CCCCC1. The Morgan fingerprint density at radius 1 is 1.18 bits per heavy atom. The number of piperazine rings is 1. The first-order valence-corrected chi connectivity index (χ1v) is 8.02. The number of nitrogens with one attached hydrogen (secondary N) is 1. The molecule has 3 N–H and O–H groups in total. The van der Waals surface area contributed by atoms with Gasteiger partial charge in [-0.05, 0) is 30.5 Å². The number of hydrogen-bond acceptors (Lipinski definition) is 3. The van der Waals surface area contributed by atoms with Gasteiger partial charge in [0.25, 0.3) is 0 Å². The minimum atomic E-state index is -0.115. The number of nitrogens with zero attached hydrogens (tertiary/aromatic N) is 1. The van der Waals surface area contributed by atoms with Crippen LogP contribution in [-0.4, -0.2) is 31.4 Å². The van der Waals surface area contributed by atoms with Crippen molar-refractivity contribution in [1.82, 2.24) is 5.32 Å². The molecule has 1 saturated carbocycles. The van der Waals surface area contributed by atoms with Crippen molar-refractivity contribution in [3.8, 4) is 0 Å². The van der Waals surface area contributed by atoms with Crippen molar-refractivity contribution in [3.05, 3.63) is 29.8 Å². The van der Waals surface area contributed by atoms with Crippen molar-refractivity contribution in [2.45, 2.75) is 37.5 Å². The summed E-state index contributed by atoms with van der Waals surface area (Å²) in [6, 6.07) is 8.02. The summed E-state index contributed by atoms with van der Waals surface area (Å²) >= 11 is 0. The highest BCUT2D eigenvalue weighted by molar-refractivity contribution is 6.04. The molecule has 0 bridgehead atoms. The Morgan fingerprint density at radius 3 is 2.68 bits per heavy atom. The summed E-state index contributed by atoms with van der Waals surface area (Å²) in [5.41, 5.74) is 8.13. The molecule has 5 nitrogen and oxygen atoms in total. The molecule has 5 heteroatoms. The van der Waals surface area contributed by atoms with Gasteiger partial charge in [-0.1, -0.05) is 31.4 Å². The molecule has 0 spiro atoms. The van der Waals surface area contributed by atoms with Gasteiger partial charge in [-0.15, -0.1) is 0 Å². The van der Waals surface area contributed by atoms with Crippen LogP contribution in [0.5, 0.6) is 0 Å². The van der Waals surface area contributed by atoms with E-state index in [0.29, 0.717) is 6.54 Å². The summed E-state index contributed by atoms with van der Waals surface area (Å²) in [5, 5.41) is 2.58. The van der Waals surface area contributed by atoms with Gasteiger partial charge in [0.1, 0.15) is 6.54 Å². The second-order valence-electron chi connectivity index (χ2n) is 6.35. The fourth-order valence-electron chi connectivity index (χ4n) is 3.64. The molecule has 3 rings (SSSR count). The van der Waals surface area contributed by atoms with E-state index in [1.54, 1.807) is 4.90 Å². The van der Waals surface area contributed by atoms with Gasteiger partial charge in [-0.3, -0.25) is 9.59 Å². The Kier molecular flexibility index (Phi) is 4.16. The molecule has 2 fully saturated rings. The first kappa shape index (κ1) is 15.0. The predicted octanol–water partition coefficient (Wildman–Crippen LogP) is 1.31. The molecule has 0 radical (unpaired) electrons. The van der Waals surface area contributed by atoms with E-state index in [2.05, 4.69) is 17.4 Å². The van der Waals surface area contributed by atoms with Crippen molar-refractivity contribution < 1.29 is 9.59 Å². The molecule has 1 aromatic rings. The smallest absolute Gasteiger partial charge is 0.246 e. The van der Waals surface area contributed by atoms with Crippen LogP contribution in [0.1, 0.15) is 37.7 Å². The molecule has 0 atom stereocenters. The lowest BCUT2D eigenvalue weighted by Crippen LogP contribution is -2.51. The number of anilines is 1. The Labute approximate surface area is 130 Å². The maximum atomic E-state index is 12.1. The molecule has 1 aromatic carbocycles. The van der Waals surface area contributed by atoms with Gasteiger partial charge in [-0.25, -0.2) is 0 Å². The second kappa shape index (κ2) is 6.08. The quantitative estimate of drug-likeness (QED) is 0.884. The lowest BCUT2D eigenvalue weighted by Gasteiger charge is -2.37. The van der Waals surface area contributed by atoms with Crippen LogP contribution < -0.4 is 16.0 Å². The Bertz CT molecular complexity index is 579. The summed E-state index contributed by atoms with van der Waals surface area (Å²) in [6.45, 7) is 0.799. The third-order valence-electron chi connectivity index (χ3n) is 5.01. The Balaban J connectivity index is 1.91. The zero-order valence-electron chi connectivity index (χ0n) is 12.8. The third kappa shape index (κ3) is 2.73. The summed E-state index contributed by atoms with van der Waals surface area (Å²) in [5.74, 6) is -0.182. The molecule has 118 valence electrons. The van der Waals surface area contributed by atoms with E-state index in [1.165, 1.54) is 24.8 Å². The van der Waals surface area contributed by atoms with Crippen LogP contribution in [0.3, 0.4) is 0 Å². The molecule has 1 aliphatic heterocycles. The third-order valence-corrected chi connectivity index (χ3v) is 5.01. The largest absolute Gasteiger partial charge is 0.345 e. The average Bonchev–Trinajstić information content (AvgIpc) is 2.58. The lowest BCUT2D eigenvalue weighted by molar-refractivity contribution is -0.128. The molecular weight excluding hydrogens is 278 g/mol. The van der Waals surface area contributed by atoms with Gasteiger partial charge >= 0.3 is 0 Å². The van der Waals surface area contributed by atoms with E-state index >= 15 is 0 Å². The van der Waals surface area contributed by atoms with Crippen LogP contribution in [0.25, 0.3) is 0 Å². The number of carbonyl (C=O) groups excluding carboxylic acids is 2. The molecule has 22 heavy (non-hydrogen) atoms. The van der Waals surface area contributed by atoms with Crippen LogP contribution in [0.15, 0.2) is 24.3 Å². The highest BCUT2D eigenvalue weighted by Crippen LogP contribution is 2.39. The number of hydrogen-bond donors (Lipinski definition) is 2. The predicted molar refractivity (Wildman–Crippen MR) is 85.6 cm³/mol. The van der Waals surface area contributed by atoms with Crippen LogP contribution in [0, 0.1) is 0 Å². The number of amides is 2. The van der Waals surface area contributed by atoms with E-state index < -0.39 is 0 Å². The summed E-state index contributed by atoms with van der Waals surface area (Å²) in [6.07, 6.45) is 5.87. The van der Waals surface area contributed by atoms with Crippen molar-refractivity contribution >= 4 is 17.5 Å². The normalized spacial score (nSPS) is 21.6.